The van der Waals surface area contributed by atoms with Crippen LogP contribution >= 0.6 is 36.2 Å². The van der Waals surface area contributed by atoms with Crippen LogP contribution in [0.25, 0.3) is 0 Å². The van der Waals surface area contributed by atoms with Crippen molar-refractivity contribution < 1.29 is 9.18 Å². The van der Waals surface area contributed by atoms with Crippen LogP contribution in [-0.2, 0) is 6.42 Å². The van der Waals surface area contributed by atoms with Crippen LogP contribution in [0.3, 0.4) is 0 Å². The average Bonchev–Trinajstić information content (AvgIpc) is 3.10. The van der Waals surface area contributed by atoms with Gasteiger partial charge in [0.05, 0.1) is 5.01 Å². The number of rotatable bonds is 3. The Bertz CT molecular complexity index is 650. The van der Waals surface area contributed by atoms with Gasteiger partial charge in [0.25, 0.3) is 5.91 Å². The summed E-state index contributed by atoms with van der Waals surface area (Å²) in [6.45, 7) is 1.30. The van der Waals surface area contributed by atoms with Gasteiger partial charge in [-0.1, -0.05) is 12.1 Å². The summed E-state index contributed by atoms with van der Waals surface area (Å²) < 4.78 is 12.9. The molecule has 2 heterocycles. The number of hydrogen-bond acceptors (Lipinski definition) is 4. The molecule has 1 amide bonds. The average molecular weight is 378 g/mol. The van der Waals surface area contributed by atoms with Gasteiger partial charge in [-0.25, -0.2) is 9.37 Å². The Balaban J connectivity index is 0.00000132. The van der Waals surface area contributed by atoms with Crippen LogP contribution in [0.15, 0.2) is 29.6 Å². The number of nitrogens with zero attached hydrogens (tertiary/aromatic N) is 2. The molecule has 3 rings (SSSR count). The SMILES string of the molecule is Cl.Cl.NC1CCN(C(=O)c2csc(Cc3ccc(F)cc3)n2)C1. The Hall–Kier alpha value is -1.21. The highest BCUT2D eigenvalue weighted by Gasteiger charge is 2.25. The fourth-order valence-corrected chi connectivity index (χ4v) is 3.20. The molecule has 8 heteroatoms. The fraction of sp³-hybridized carbons (Fsp3) is 0.333. The first-order chi connectivity index (χ1) is 10.1. The Kier molecular flexibility index (Phi) is 7.41. The predicted molar refractivity (Wildman–Crippen MR) is 94.3 cm³/mol. The molecule has 1 fully saturated rings. The third kappa shape index (κ3) is 4.88. The first-order valence-corrected chi connectivity index (χ1v) is 7.73. The summed E-state index contributed by atoms with van der Waals surface area (Å²) in [5.41, 5.74) is 7.28. The van der Waals surface area contributed by atoms with Crippen LogP contribution in [0.1, 0.15) is 27.5 Å². The van der Waals surface area contributed by atoms with E-state index in [1.54, 1.807) is 22.4 Å². The van der Waals surface area contributed by atoms with Crippen molar-refractivity contribution in [1.29, 1.82) is 0 Å². The van der Waals surface area contributed by atoms with Crippen molar-refractivity contribution in [3.05, 3.63) is 51.7 Å². The molecule has 126 valence electrons. The molecule has 0 bridgehead atoms. The molecule has 0 spiro atoms. The van der Waals surface area contributed by atoms with Crippen molar-refractivity contribution in [2.45, 2.75) is 18.9 Å². The molecule has 1 aliphatic rings. The number of carbonyl (C=O) groups is 1. The number of likely N-dealkylation sites (tertiary alicyclic amines) is 1. The number of benzene rings is 1. The van der Waals surface area contributed by atoms with E-state index in [0.29, 0.717) is 25.2 Å². The standard InChI is InChI=1S/C15H16FN3OS.2ClH/c16-11-3-1-10(2-4-11)7-14-18-13(9-21-14)15(20)19-6-5-12(17)8-19;;/h1-4,9,12H,5-8,17H2;2*1H. The molecular weight excluding hydrogens is 360 g/mol. The quantitative estimate of drug-likeness (QED) is 0.894. The van der Waals surface area contributed by atoms with Crippen molar-refractivity contribution >= 4 is 42.1 Å². The Labute approximate surface area is 150 Å². The molecular formula is C15H18Cl2FN3OS. The zero-order valence-electron chi connectivity index (χ0n) is 12.3. The largest absolute Gasteiger partial charge is 0.336 e. The number of amides is 1. The van der Waals surface area contributed by atoms with Gasteiger partial charge in [0.2, 0.25) is 0 Å². The van der Waals surface area contributed by atoms with Gasteiger partial charge >= 0.3 is 0 Å². The Morgan fingerprint density at radius 3 is 2.65 bits per heavy atom. The van der Waals surface area contributed by atoms with Gasteiger partial charge in [-0.2, -0.15) is 0 Å². The molecule has 0 radical (unpaired) electrons. The molecule has 0 saturated carbocycles. The second-order valence-corrected chi connectivity index (χ2v) is 6.17. The van der Waals surface area contributed by atoms with Crippen molar-refractivity contribution in [3.63, 3.8) is 0 Å². The van der Waals surface area contributed by atoms with Crippen LogP contribution in [-0.4, -0.2) is 34.9 Å². The summed E-state index contributed by atoms with van der Waals surface area (Å²) in [6, 6.07) is 6.41. The minimum atomic E-state index is -0.251. The summed E-state index contributed by atoms with van der Waals surface area (Å²) in [4.78, 5) is 18.4. The van der Waals surface area contributed by atoms with Crippen molar-refractivity contribution in [2.24, 2.45) is 5.73 Å². The van der Waals surface area contributed by atoms with E-state index in [1.165, 1.54) is 23.5 Å². The van der Waals surface area contributed by atoms with Crippen LogP contribution < -0.4 is 5.73 Å². The van der Waals surface area contributed by atoms with Gasteiger partial charge in [0.1, 0.15) is 11.5 Å². The third-order valence-corrected chi connectivity index (χ3v) is 4.40. The summed E-state index contributed by atoms with van der Waals surface area (Å²) in [6.07, 6.45) is 1.45. The molecule has 1 aromatic carbocycles. The van der Waals surface area contributed by atoms with E-state index in [-0.39, 0.29) is 42.6 Å². The first kappa shape index (κ1) is 19.8. The summed E-state index contributed by atoms with van der Waals surface area (Å²) in [5, 5.41) is 2.64. The van der Waals surface area contributed by atoms with Crippen molar-refractivity contribution in [1.82, 2.24) is 9.88 Å². The van der Waals surface area contributed by atoms with Crippen LogP contribution in [0.5, 0.6) is 0 Å². The molecule has 23 heavy (non-hydrogen) atoms. The van der Waals surface area contributed by atoms with Crippen LogP contribution in [0.2, 0.25) is 0 Å². The molecule has 1 aromatic heterocycles. The molecule has 1 atom stereocenters. The first-order valence-electron chi connectivity index (χ1n) is 6.85. The molecule has 1 unspecified atom stereocenters. The zero-order valence-corrected chi connectivity index (χ0v) is 14.7. The number of nitrogens with two attached hydrogens (primary N) is 1. The van der Waals surface area contributed by atoms with Crippen LogP contribution in [0.4, 0.5) is 4.39 Å². The fourth-order valence-electron chi connectivity index (χ4n) is 2.40. The van der Waals surface area contributed by atoms with E-state index in [2.05, 4.69) is 4.98 Å². The number of hydrogen-bond donors (Lipinski definition) is 1. The van der Waals surface area contributed by atoms with E-state index in [4.69, 9.17) is 5.73 Å². The van der Waals surface area contributed by atoms with Crippen molar-refractivity contribution in [2.75, 3.05) is 13.1 Å². The lowest BCUT2D eigenvalue weighted by Gasteiger charge is -2.13. The maximum absolute atomic E-state index is 12.9. The summed E-state index contributed by atoms with van der Waals surface area (Å²) >= 11 is 1.45. The maximum Gasteiger partial charge on any atom is 0.273 e. The Morgan fingerprint density at radius 1 is 1.35 bits per heavy atom. The minimum absolute atomic E-state index is 0. The molecule has 1 aliphatic heterocycles. The second-order valence-electron chi connectivity index (χ2n) is 5.23. The summed E-state index contributed by atoms with van der Waals surface area (Å²) in [5.74, 6) is -0.302. The number of carbonyl (C=O) groups excluding carboxylic acids is 1. The normalized spacial score (nSPS) is 16.6. The van der Waals surface area contributed by atoms with E-state index < -0.39 is 0 Å². The molecule has 0 aliphatic carbocycles. The topological polar surface area (TPSA) is 59.2 Å². The monoisotopic (exact) mass is 377 g/mol. The van der Waals surface area contributed by atoms with Gasteiger partial charge < -0.3 is 10.6 Å². The maximum atomic E-state index is 12.9. The third-order valence-electron chi connectivity index (χ3n) is 3.55. The number of thiazole rings is 1. The molecule has 1 saturated heterocycles. The van der Waals surface area contributed by atoms with Crippen molar-refractivity contribution in [3.8, 4) is 0 Å². The van der Waals surface area contributed by atoms with Gasteiger partial charge in [-0.3, -0.25) is 4.79 Å². The highest BCUT2D eigenvalue weighted by atomic mass is 35.5. The Morgan fingerprint density at radius 2 is 2.04 bits per heavy atom. The number of aromatic nitrogens is 1. The smallest absolute Gasteiger partial charge is 0.273 e. The summed E-state index contributed by atoms with van der Waals surface area (Å²) in [7, 11) is 0. The van der Waals surface area contributed by atoms with Gasteiger partial charge in [0.15, 0.2) is 0 Å². The lowest BCUT2D eigenvalue weighted by Crippen LogP contribution is -2.32. The second kappa shape index (κ2) is 8.59. The molecule has 4 nitrogen and oxygen atoms in total. The van der Waals surface area contributed by atoms with Gasteiger partial charge in [-0.05, 0) is 24.1 Å². The zero-order chi connectivity index (χ0) is 14.8. The lowest BCUT2D eigenvalue weighted by molar-refractivity contribution is 0.0785. The lowest BCUT2D eigenvalue weighted by atomic mass is 10.1. The van der Waals surface area contributed by atoms with E-state index in [9.17, 15) is 9.18 Å². The molecule has 2 N–H and O–H groups in total. The number of halogens is 3. The van der Waals surface area contributed by atoms with E-state index in [1.807, 2.05) is 0 Å². The van der Waals surface area contributed by atoms with Gasteiger partial charge in [-0.15, -0.1) is 36.2 Å². The molecule has 2 aromatic rings. The van der Waals surface area contributed by atoms with Gasteiger partial charge in [0, 0.05) is 30.9 Å². The van der Waals surface area contributed by atoms with Crippen LogP contribution in [0, 0.1) is 5.82 Å². The highest BCUT2D eigenvalue weighted by Crippen LogP contribution is 2.18. The minimum Gasteiger partial charge on any atom is -0.336 e. The van der Waals surface area contributed by atoms with E-state index >= 15 is 0 Å². The predicted octanol–water partition coefficient (Wildman–Crippen LogP) is 2.89. The highest BCUT2D eigenvalue weighted by molar-refractivity contribution is 7.09. The van der Waals surface area contributed by atoms with E-state index in [0.717, 1.165) is 17.0 Å².